The number of amides is 1. The Kier molecular flexibility index (Phi) is 4.46. The fourth-order valence-electron chi connectivity index (χ4n) is 3.79. The van der Waals surface area contributed by atoms with Crippen molar-refractivity contribution < 1.29 is 22.7 Å². The Labute approximate surface area is 138 Å². The number of alkyl halides is 3. The number of ether oxygens (including phenoxy) is 1. The van der Waals surface area contributed by atoms with Gasteiger partial charge in [0.1, 0.15) is 5.75 Å². The van der Waals surface area contributed by atoms with Gasteiger partial charge in [0.15, 0.2) is 6.10 Å². The van der Waals surface area contributed by atoms with Gasteiger partial charge in [0.05, 0.1) is 5.56 Å². The SMILES string of the molecule is CC(Oc1ccccc1C(F)(F)F)C(=O)N1CC2CCC(N)C2C1. The predicted molar refractivity (Wildman–Crippen MR) is 82.3 cm³/mol. The zero-order chi connectivity index (χ0) is 17.5. The molecule has 0 bridgehead atoms. The number of halogens is 3. The zero-order valence-electron chi connectivity index (χ0n) is 13.4. The molecule has 1 heterocycles. The molecule has 4 nitrogen and oxygen atoms in total. The number of rotatable bonds is 3. The van der Waals surface area contributed by atoms with Gasteiger partial charge in [-0.2, -0.15) is 13.2 Å². The van der Waals surface area contributed by atoms with Gasteiger partial charge in [-0.3, -0.25) is 4.79 Å². The highest BCUT2D eigenvalue weighted by Gasteiger charge is 2.43. The molecule has 1 aromatic carbocycles. The number of likely N-dealkylation sites (tertiary alicyclic amines) is 1. The van der Waals surface area contributed by atoms with Crippen LogP contribution in [-0.2, 0) is 11.0 Å². The second kappa shape index (κ2) is 6.27. The number of nitrogens with two attached hydrogens (primary N) is 1. The van der Waals surface area contributed by atoms with E-state index in [-0.39, 0.29) is 17.7 Å². The van der Waals surface area contributed by atoms with E-state index in [1.165, 1.54) is 25.1 Å². The van der Waals surface area contributed by atoms with Gasteiger partial charge in [-0.05, 0) is 43.7 Å². The molecule has 2 N–H and O–H groups in total. The summed E-state index contributed by atoms with van der Waals surface area (Å²) in [5.74, 6) is 0.0951. The Morgan fingerprint density at radius 2 is 2.00 bits per heavy atom. The Balaban J connectivity index is 1.68. The van der Waals surface area contributed by atoms with E-state index in [0.29, 0.717) is 24.9 Å². The van der Waals surface area contributed by atoms with Crippen molar-refractivity contribution >= 4 is 5.91 Å². The monoisotopic (exact) mass is 342 g/mol. The van der Waals surface area contributed by atoms with Crippen LogP contribution in [0.15, 0.2) is 24.3 Å². The van der Waals surface area contributed by atoms with Crippen molar-refractivity contribution in [1.82, 2.24) is 4.90 Å². The molecule has 0 spiro atoms. The summed E-state index contributed by atoms with van der Waals surface area (Å²) < 4.78 is 44.4. The van der Waals surface area contributed by atoms with Crippen LogP contribution in [0.5, 0.6) is 5.75 Å². The number of benzene rings is 1. The molecule has 1 aliphatic carbocycles. The van der Waals surface area contributed by atoms with Crippen LogP contribution in [-0.4, -0.2) is 36.0 Å². The van der Waals surface area contributed by atoms with E-state index in [2.05, 4.69) is 0 Å². The maximum Gasteiger partial charge on any atom is 0.419 e. The van der Waals surface area contributed by atoms with Gasteiger partial charge in [-0.1, -0.05) is 12.1 Å². The van der Waals surface area contributed by atoms with Gasteiger partial charge in [-0.15, -0.1) is 0 Å². The average Bonchev–Trinajstić information content (AvgIpc) is 3.08. The lowest BCUT2D eigenvalue weighted by atomic mass is 9.98. The smallest absolute Gasteiger partial charge is 0.419 e. The van der Waals surface area contributed by atoms with Crippen LogP contribution < -0.4 is 10.5 Å². The third-order valence-corrected chi connectivity index (χ3v) is 5.07. The third-order valence-electron chi connectivity index (χ3n) is 5.07. The summed E-state index contributed by atoms with van der Waals surface area (Å²) >= 11 is 0. The number of para-hydroxylation sites is 1. The van der Waals surface area contributed by atoms with Crippen molar-refractivity contribution in [3.05, 3.63) is 29.8 Å². The van der Waals surface area contributed by atoms with Gasteiger partial charge < -0.3 is 15.4 Å². The molecule has 2 aliphatic rings. The molecular weight excluding hydrogens is 321 g/mol. The largest absolute Gasteiger partial charge is 0.480 e. The van der Waals surface area contributed by atoms with E-state index >= 15 is 0 Å². The molecule has 4 atom stereocenters. The van der Waals surface area contributed by atoms with E-state index in [0.717, 1.165) is 18.9 Å². The second-order valence-electron chi connectivity index (χ2n) is 6.66. The van der Waals surface area contributed by atoms with Crippen LogP contribution in [0, 0.1) is 11.8 Å². The summed E-state index contributed by atoms with van der Waals surface area (Å²) in [6.07, 6.45) is -3.51. The van der Waals surface area contributed by atoms with Crippen molar-refractivity contribution in [3.63, 3.8) is 0 Å². The quantitative estimate of drug-likeness (QED) is 0.919. The summed E-state index contributed by atoms with van der Waals surface area (Å²) in [5, 5.41) is 0. The van der Waals surface area contributed by atoms with Crippen molar-refractivity contribution in [2.24, 2.45) is 17.6 Å². The minimum absolute atomic E-state index is 0.106. The van der Waals surface area contributed by atoms with Gasteiger partial charge in [-0.25, -0.2) is 0 Å². The maximum atomic E-state index is 13.0. The lowest BCUT2D eigenvalue weighted by molar-refractivity contribution is -0.143. The third kappa shape index (κ3) is 3.22. The van der Waals surface area contributed by atoms with Crippen LogP contribution in [0.1, 0.15) is 25.3 Å². The molecule has 7 heteroatoms. The van der Waals surface area contributed by atoms with Crippen LogP contribution in [0.4, 0.5) is 13.2 Å². The van der Waals surface area contributed by atoms with Crippen molar-refractivity contribution in [1.29, 1.82) is 0 Å². The number of nitrogens with zero attached hydrogens (tertiary/aromatic N) is 1. The first-order chi connectivity index (χ1) is 11.3. The van der Waals surface area contributed by atoms with Gasteiger partial charge in [0.2, 0.25) is 0 Å². The second-order valence-corrected chi connectivity index (χ2v) is 6.66. The lowest BCUT2D eigenvalue weighted by Gasteiger charge is -2.24. The molecule has 132 valence electrons. The van der Waals surface area contributed by atoms with E-state index in [1.807, 2.05) is 0 Å². The van der Waals surface area contributed by atoms with Crippen LogP contribution >= 0.6 is 0 Å². The Morgan fingerprint density at radius 3 is 2.67 bits per heavy atom. The van der Waals surface area contributed by atoms with Crippen molar-refractivity contribution in [2.75, 3.05) is 13.1 Å². The Hall–Kier alpha value is -1.76. The number of carbonyl (C=O) groups excluding carboxylic acids is 1. The zero-order valence-corrected chi connectivity index (χ0v) is 13.4. The van der Waals surface area contributed by atoms with Gasteiger partial charge in [0, 0.05) is 19.1 Å². The van der Waals surface area contributed by atoms with Crippen LogP contribution in [0.25, 0.3) is 0 Å². The molecule has 1 saturated carbocycles. The molecule has 0 radical (unpaired) electrons. The molecule has 0 aromatic heterocycles. The highest BCUT2D eigenvalue weighted by molar-refractivity contribution is 5.81. The fourth-order valence-corrected chi connectivity index (χ4v) is 3.79. The first-order valence-electron chi connectivity index (χ1n) is 8.14. The first-order valence-corrected chi connectivity index (χ1v) is 8.14. The fraction of sp³-hybridized carbons (Fsp3) is 0.588. The molecule has 1 aliphatic heterocycles. The van der Waals surface area contributed by atoms with E-state index in [4.69, 9.17) is 10.5 Å². The minimum atomic E-state index is -4.52. The topological polar surface area (TPSA) is 55.6 Å². The highest BCUT2D eigenvalue weighted by atomic mass is 19.4. The lowest BCUT2D eigenvalue weighted by Crippen LogP contribution is -2.41. The summed E-state index contributed by atoms with van der Waals surface area (Å²) in [6.45, 7) is 2.68. The average molecular weight is 342 g/mol. The summed E-state index contributed by atoms with van der Waals surface area (Å²) in [4.78, 5) is 14.2. The normalized spacial score (nSPS) is 27.9. The van der Waals surface area contributed by atoms with Gasteiger partial charge in [0.25, 0.3) is 5.91 Å². The first kappa shape index (κ1) is 17.1. The standard InChI is InChI=1S/C17H21F3N2O2/c1-10(24-15-5-3-2-4-13(15)17(18,19)20)16(23)22-8-11-6-7-14(21)12(11)9-22/h2-5,10-12,14H,6-9,21H2,1H3. The number of carbonyl (C=O) groups is 1. The summed E-state index contributed by atoms with van der Waals surface area (Å²) in [5.41, 5.74) is 5.19. The molecule has 4 unspecified atom stereocenters. The van der Waals surface area contributed by atoms with Crippen molar-refractivity contribution in [2.45, 2.75) is 38.1 Å². The van der Waals surface area contributed by atoms with Crippen LogP contribution in [0.2, 0.25) is 0 Å². The number of hydrogen-bond donors (Lipinski definition) is 1. The molecule has 2 fully saturated rings. The van der Waals surface area contributed by atoms with Crippen molar-refractivity contribution in [3.8, 4) is 5.75 Å². The molecular formula is C17H21F3N2O2. The predicted octanol–water partition coefficient (Wildman–Crippen LogP) is 2.67. The van der Waals surface area contributed by atoms with E-state index < -0.39 is 17.8 Å². The minimum Gasteiger partial charge on any atom is -0.480 e. The molecule has 1 saturated heterocycles. The van der Waals surface area contributed by atoms with E-state index in [9.17, 15) is 18.0 Å². The number of fused-ring (bicyclic) bond motifs is 1. The summed E-state index contributed by atoms with van der Waals surface area (Å²) in [6, 6.07) is 5.05. The van der Waals surface area contributed by atoms with Crippen LogP contribution in [0.3, 0.4) is 0 Å². The Morgan fingerprint density at radius 1 is 1.29 bits per heavy atom. The van der Waals surface area contributed by atoms with E-state index in [1.54, 1.807) is 4.90 Å². The van der Waals surface area contributed by atoms with Gasteiger partial charge >= 0.3 is 6.18 Å². The number of hydrogen-bond acceptors (Lipinski definition) is 3. The Bertz CT molecular complexity index is 620. The summed E-state index contributed by atoms with van der Waals surface area (Å²) in [7, 11) is 0. The highest BCUT2D eigenvalue weighted by Crippen LogP contribution is 2.38. The molecule has 1 aromatic rings. The molecule has 24 heavy (non-hydrogen) atoms. The molecule has 3 rings (SSSR count). The molecule has 1 amide bonds. The maximum absolute atomic E-state index is 13.0.